The number of hydrogen-bond donors (Lipinski definition) is 1. The lowest BCUT2D eigenvalue weighted by molar-refractivity contribution is 0.125. The number of aromatic nitrogens is 3. The summed E-state index contributed by atoms with van der Waals surface area (Å²) in [5, 5.41) is 0. The van der Waals surface area contributed by atoms with Crippen molar-refractivity contribution in [1.82, 2.24) is 19.9 Å². The molecule has 1 N–H and O–H groups in total. The zero-order chi connectivity index (χ0) is 17.4. The molecular formula is C19H24N4O2. The molecule has 0 aliphatic carbocycles. The van der Waals surface area contributed by atoms with E-state index in [0.717, 1.165) is 67.4 Å². The molecule has 4 rings (SSSR count). The Balaban J connectivity index is 1.34. The van der Waals surface area contributed by atoms with Gasteiger partial charge in [0.2, 0.25) is 11.4 Å². The first-order chi connectivity index (χ1) is 12.1. The van der Waals surface area contributed by atoms with Crippen LogP contribution in [-0.4, -0.2) is 45.6 Å². The van der Waals surface area contributed by atoms with Gasteiger partial charge in [-0.2, -0.15) is 4.98 Å². The van der Waals surface area contributed by atoms with Crippen LogP contribution in [0.1, 0.15) is 41.4 Å². The third-order valence-corrected chi connectivity index (χ3v) is 5.32. The lowest BCUT2D eigenvalue weighted by Gasteiger charge is -2.33. The van der Waals surface area contributed by atoms with Crippen LogP contribution >= 0.6 is 0 Å². The van der Waals surface area contributed by atoms with Crippen molar-refractivity contribution in [3.05, 3.63) is 51.3 Å². The highest BCUT2D eigenvalue weighted by atomic mass is 16.5. The highest BCUT2D eigenvalue weighted by Gasteiger charge is 2.30. The summed E-state index contributed by atoms with van der Waals surface area (Å²) in [4.78, 5) is 25.5. The fourth-order valence-electron chi connectivity index (χ4n) is 4.02. The first-order valence-electron chi connectivity index (χ1n) is 9.00. The average molecular weight is 340 g/mol. The van der Waals surface area contributed by atoms with Gasteiger partial charge >= 0.3 is 0 Å². The molecule has 0 radical (unpaired) electrons. The van der Waals surface area contributed by atoms with Crippen LogP contribution in [0.3, 0.4) is 0 Å². The quantitative estimate of drug-likeness (QED) is 0.925. The minimum Gasteiger partial charge on any atom is -0.472 e. The number of piperidine rings is 1. The van der Waals surface area contributed by atoms with Crippen LogP contribution in [-0.2, 0) is 6.42 Å². The molecular weight excluding hydrogens is 316 g/mol. The van der Waals surface area contributed by atoms with Gasteiger partial charge in [0.25, 0.3) is 0 Å². The summed E-state index contributed by atoms with van der Waals surface area (Å²) in [5.74, 6) is 2.03. The Bertz CT molecular complexity index is 824. The van der Waals surface area contributed by atoms with Gasteiger partial charge in [-0.3, -0.25) is 9.69 Å². The molecule has 0 spiro atoms. The van der Waals surface area contributed by atoms with Gasteiger partial charge in [0, 0.05) is 36.5 Å². The average Bonchev–Trinajstić information content (AvgIpc) is 2.98. The number of hydrogen-bond acceptors (Lipinski definition) is 5. The molecule has 0 saturated carbocycles. The van der Waals surface area contributed by atoms with Gasteiger partial charge in [-0.05, 0) is 57.3 Å². The fourth-order valence-corrected chi connectivity index (χ4v) is 4.02. The zero-order valence-electron chi connectivity index (χ0n) is 14.8. The van der Waals surface area contributed by atoms with Crippen molar-refractivity contribution in [2.75, 3.05) is 19.6 Å². The van der Waals surface area contributed by atoms with E-state index in [0.29, 0.717) is 5.92 Å². The largest absolute Gasteiger partial charge is 0.472 e. The molecule has 25 heavy (non-hydrogen) atoms. The number of H-pyrrole nitrogens is 1. The number of ether oxygens (including phenoxy) is 1. The SMILES string of the molecule is Cc1nc(C)c2c(n1)OC(CN1CCC(c3cc[nH]c(=O)c3)CC1)C2. The van der Waals surface area contributed by atoms with Crippen LogP contribution in [0.25, 0.3) is 0 Å². The molecule has 132 valence electrons. The van der Waals surface area contributed by atoms with Gasteiger partial charge in [-0.1, -0.05) is 0 Å². The maximum absolute atomic E-state index is 11.5. The van der Waals surface area contributed by atoms with E-state index in [4.69, 9.17) is 4.74 Å². The number of aryl methyl sites for hydroxylation is 2. The predicted octanol–water partition coefficient (Wildman–Crippen LogP) is 1.96. The van der Waals surface area contributed by atoms with Crippen molar-refractivity contribution in [1.29, 1.82) is 0 Å². The van der Waals surface area contributed by atoms with Gasteiger partial charge in [0.15, 0.2) is 0 Å². The van der Waals surface area contributed by atoms with E-state index in [9.17, 15) is 4.79 Å². The second-order valence-electron chi connectivity index (χ2n) is 7.15. The van der Waals surface area contributed by atoms with Crippen LogP contribution in [0, 0.1) is 13.8 Å². The van der Waals surface area contributed by atoms with E-state index < -0.39 is 0 Å². The molecule has 4 heterocycles. The molecule has 2 aliphatic rings. The minimum atomic E-state index is -0.0103. The van der Waals surface area contributed by atoms with E-state index in [2.05, 4.69) is 19.9 Å². The Kier molecular flexibility index (Phi) is 4.29. The molecule has 6 heteroatoms. The Labute approximate surface area is 147 Å². The molecule has 0 aromatic carbocycles. The molecule has 2 aromatic heterocycles. The summed E-state index contributed by atoms with van der Waals surface area (Å²) >= 11 is 0. The number of aromatic amines is 1. The molecule has 6 nitrogen and oxygen atoms in total. The summed E-state index contributed by atoms with van der Waals surface area (Å²) in [7, 11) is 0. The van der Waals surface area contributed by atoms with Crippen molar-refractivity contribution in [2.45, 2.75) is 45.1 Å². The van der Waals surface area contributed by atoms with E-state index in [-0.39, 0.29) is 11.7 Å². The Morgan fingerprint density at radius 2 is 2.08 bits per heavy atom. The second kappa shape index (κ2) is 6.59. The van der Waals surface area contributed by atoms with Gasteiger partial charge in [-0.15, -0.1) is 0 Å². The summed E-state index contributed by atoms with van der Waals surface area (Å²) in [6, 6.07) is 3.77. The highest BCUT2D eigenvalue weighted by molar-refractivity contribution is 5.34. The van der Waals surface area contributed by atoms with E-state index in [1.54, 1.807) is 12.3 Å². The Morgan fingerprint density at radius 1 is 1.28 bits per heavy atom. The smallest absolute Gasteiger partial charge is 0.248 e. The van der Waals surface area contributed by atoms with Crippen molar-refractivity contribution in [2.24, 2.45) is 0 Å². The Morgan fingerprint density at radius 3 is 2.84 bits per heavy atom. The van der Waals surface area contributed by atoms with Crippen molar-refractivity contribution < 1.29 is 4.74 Å². The van der Waals surface area contributed by atoms with E-state index >= 15 is 0 Å². The maximum Gasteiger partial charge on any atom is 0.248 e. The summed E-state index contributed by atoms with van der Waals surface area (Å²) in [6.45, 7) is 6.95. The molecule has 2 aromatic rings. The van der Waals surface area contributed by atoms with Gasteiger partial charge in [-0.25, -0.2) is 4.98 Å². The number of rotatable bonds is 3. The molecule has 1 saturated heterocycles. The van der Waals surface area contributed by atoms with Crippen LogP contribution in [0.4, 0.5) is 0 Å². The van der Waals surface area contributed by atoms with Gasteiger partial charge in [0.05, 0.1) is 0 Å². The number of nitrogens with one attached hydrogen (secondary N) is 1. The normalized spacial score (nSPS) is 21.1. The third-order valence-electron chi connectivity index (χ3n) is 5.32. The number of nitrogens with zero attached hydrogens (tertiary/aromatic N) is 3. The molecule has 1 unspecified atom stereocenters. The lowest BCUT2D eigenvalue weighted by Crippen LogP contribution is -2.40. The summed E-state index contributed by atoms with van der Waals surface area (Å²) < 4.78 is 6.06. The maximum atomic E-state index is 11.5. The summed E-state index contributed by atoms with van der Waals surface area (Å²) in [5.41, 5.74) is 3.35. The van der Waals surface area contributed by atoms with Gasteiger partial charge in [0.1, 0.15) is 11.9 Å². The van der Waals surface area contributed by atoms with Crippen LogP contribution in [0.15, 0.2) is 23.1 Å². The van der Waals surface area contributed by atoms with E-state index in [1.165, 1.54) is 0 Å². The monoisotopic (exact) mass is 340 g/mol. The zero-order valence-corrected chi connectivity index (χ0v) is 14.8. The van der Waals surface area contributed by atoms with Crippen molar-refractivity contribution in [3.8, 4) is 5.88 Å². The molecule has 0 amide bonds. The first-order valence-corrected chi connectivity index (χ1v) is 9.00. The van der Waals surface area contributed by atoms with Gasteiger partial charge < -0.3 is 9.72 Å². The van der Waals surface area contributed by atoms with Crippen LogP contribution in [0.5, 0.6) is 5.88 Å². The topological polar surface area (TPSA) is 71.1 Å². The second-order valence-corrected chi connectivity index (χ2v) is 7.15. The summed E-state index contributed by atoms with van der Waals surface area (Å²) in [6.07, 6.45) is 4.98. The van der Waals surface area contributed by atoms with Crippen molar-refractivity contribution in [3.63, 3.8) is 0 Å². The minimum absolute atomic E-state index is 0.0103. The molecule has 0 bridgehead atoms. The molecule has 2 aliphatic heterocycles. The molecule has 1 atom stereocenters. The van der Waals surface area contributed by atoms with Crippen LogP contribution < -0.4 is 10.3 Å². The van der Waals surface area contributed by atoms with Crippen molar-refractivity contribution >= 4 is 0 Å². The predicted molar refractivity (Wildman–Crippen MR) is 95.1 cm³/mol. The molecule has 1 fully saturated rings. The third kappa shape index (κ3) is 3.44. The standard InChI is InChI=1S/C19H24N4O2/c1-12-17-10-16(25-19(17)22-13(2)21-12)11-23-7-4-14(5-8-23)15-3-6-20-18(24)9-15/h3,6,9,14,16H,4-5,7-8,10-11H2,1-2H3,(H,20,24). The highest BCUT2D eigenvalue weighted by Crippen LogP contribution is 2.31. The van der Waals surface area contributed by atoms with E-state index in [1.807, 2.05) is 19.9 Å². The fraction of sp³-hybridized carbons (Fsp3) is 0.526. The van der Waals surface area contributed by atoms with Crippen LogP contribution in [0.2, 0.25) is 0 Å². The Hall–Kier alpha value is -2.21. The first kappa shape index (κ1) is 16.3. The number of likely N-dealkylation sites (tertiary alicyclic amines) is 1. The number of fused-ring (bicyclic) bond motifs is 1. The lowest BCUT2D eigenvalue weighted by atomic mass is 9.90. The number of pyridine rings is 1.